The van der Waals surface area contributed by atoms with Gasteiger partial charge in [-0.15, -0.1) is 6.58 Å². The molecule has 1 saturated carbocycles. The third-order valence-corrected chi connectivity index (χ3v) is 3.59. The first-order valence-electron chi connectivity index (χ1n) is 4.57. The molecule has 0 aliphatic heterocycles. The molecule has 1 fully saturated rings. The summed E-state index contributed by atoms with van der Waals surface area (Å²) >= 11 is 1.83. The molecular formula is C10H16OS. The zero-order valence-electron chi connectivity index (χ0n) is 7.42. The fourth-order valence-corrected chi connectivity index (χ4v) is 2.69. The Hall–Kier alpha value is -0.240. The quantitative estimate of drug-likeness (QED) is 0.611. The highest BCUT2D eigenvalue weighted by atomic mass is 32.2. The molecule has 1 aliphatic carbocycles. The molecule has 2 heteroatoms. The van der Waals surface area contributed by atoms with Crippen LogP contribution in [-0.2, 0) is 4.79 Å². The van der Waals surface area contributed by atoms with Crippen molar-refractivity contribution >= 4 is 17.5 Å². The van der Waals surface area contributed by atoms with Gasteiger partial charge in [0.15, 0.2) is 0 Å². The van der Waals surface area contributed by atoms with Crippen LogP contribution in [0.15, 0.2) is 12.7 Å². The lowest BCUT2D eigenvalue weighted by Gasteiger charge is -2.06. The first kappa shape index (κ1) is 9.85. The Bertz CT molecular complexity index is 159. The molecule has 0 heterocycles. The normalized spacial score (nSPS) is 18.0. The number of rotatable bonds is 5. The number of thioether (sulfide) groups is 1. The van der Waals surface area contributed by atoms with Gasteiger partial charge in [0.2, 0.25) is 0 Å². The van der Waals surface area contributed by atoms with Crippen molar-refractivity contribution in [3.05, 3.63) is 12.7 Å². The predicted octanol–water partition coefficient (Wildman–Crippen LogP) is 2.81. The predicted molar refractivity (Wildman–Crippen MR) is 54.5 cm³/mol. The molecule has 0 N–H and O–H groups in total. The minimum Gasteiger partial charge on any atom is -0.298 e. The average Bonchev–Trinajstić information content (AvgIpc) is 2.53. The molecule has 0 unspecified atom stereocenters. The molecule has 68 valence electrons. The number of carbonyl (C=O) groups excluding carboxylic acids is 1. The van der Waals surface area contributed by atoms with Crippen molar-refractivity contribution in [2.45, 2.75) is 37.4 Å². The van der Waals surface area contributed by atoms with Crippen LogP contribution >= 0.6 is 11.8 Å². The lowest BCUT2D eigenvalue weighted by atomic mass is 10.3. The summed E-state index contributed by atoms with van der Waals surface area (Å²) in [7, 11) is 0. The van der Waals surface area contributed by atoms with E-state index in [-0.39, 0.29) is 0 Å². The molecule has 12 heavy (non-hydrogen) atoms. The summed E-state index contributed by atoms with van der Waals surface area (Å²) in [6.45, 7) is 3.55. The first-order valence-corrected chi connectivity index (χ1v) is 5.62. The number of Topliss-reactive ketones (excluding diaryl/α,β-unsaturated/α-hetero) is 1. The van der Waals surface area contributed by atoms with Gasteiger partial charge in [-0.3, -0.25) is 4.79 Å². The van der Waals surface area contributed by atoms with Crippen molar-refractivity contribution in [2.75, 3.05) is 5.75 Å². The number of allylic oxidation sites excluding steroid dienone is 1. The van der Waals surface area contributed by atoms with Crippen molar-refractivity contribution in [3.63, 3.8) is 0 Å². The minimum atomic E-state index is 0.321. The van der Waals surface area contributed by atoms with Gasteiger partial charge in [-0.25, -0.2) is 0 Å². The third-order valence-electron chi connectivity index (χ3n) is 2.15. The van der Waals surface area contributed by atoms with E-state index in [4.69, 9.17) is 0 Å². The molecule has 1 aliphatic rings. The zero-order chi connectivity index (χ0) is 8.81. The maximum absolute atomic E-state index is 11.1. The number of hydrogen-bond donors (Lipinski definition) is 0. The number of hydrogen-bond acceptors (Lipinski definition) is 2. The monoisotopic (exact) mass is 184 g/mol. The lowest BCUT2D eigenvalue weighted by Crippen LogP contribution is -2.04. The second-order valence-electron chi connectivity index (χ2n) is 3.25. The van der Waals surface area contributed by atoms with Gasteiger partial charge in [0.25, 0.3) is 0 Å². The van der Waals surface area contributed by atoms with Crippen LogP contribution in [0.1, 0.15) is 32.1 Å². The zero-order valence-corrected chi connectivity index (χ0v) is 8.24. The molecule has 1 rings (SSSR count). The van der Waals surface area contributed by atoms with Gasteiger partial charge in [0.05, 0.1) is 5.75 Å². The van der Waals surface area contributed by atoms with E-state index < -0.39 is 0 Å². The fourth-order valence-electron chi connectivity index (χ4n) is 1.49. The van der Waals surface area contributed by atoms with Crippen LogP contribution in [-0.4, -0.2) is 16.8 Å². The molecule has 0 aromatic carbocycles. The maximum Gasteiger partial charge on any atom is 0.146 e. The van der Waals surface area contributed by atoms with E-state index in [0.29, 0.717) is 18.0 Å². The van der Waals surface area contributed by atoms with Crippen molar-refractivity contribution in [1.82, 2.24) is 0 Å². The van der Waals surface area contributed by atoms with Crippen LogP contribution < -0.4 is 0 Å². The van der Waals surface area contributed by atoms with Crippen LogP contribution in [0.5, 0.6) is 0 Å². The molecular weight excluding hydrogens is 168 g/mol. The summed E-state index contributed by atoms with van der Waals surface area (Å²) in [6, 6.07) is 0. The Morgan fingerprint density at radius 1 is 1.50 bits per heavy atom. The largest absolute Gasteiger partial charge is 0.298 e. The highest BCUT2D eigenvalue weighted by molar-refractivity contribution is 8.00. The second kappa shape index (κ2) is 5.41. The Morgan fingerprint density at radius 2 is 2.17 bits per heavy atom. The average molecular weight is 184 g/mol. The first-order chi connectivity index (χ1) is 5.83. The highest BCUT2D eigenvalue weighted by Gasteiger charge is 2.15. The number of carbonyl (C=O) groups is 1. The standard InChI is InChI=1S/C10H16OS/c1-2-5-9(11)8-12-10-6-3-4-7-10/h2,10H,1,3-8H2. The molecule has 0 amide bonds. The van der Waals surface area contributed by atoms with E-state index in [9.17, 15) is 4.79 Å². The highest BCUT2D eigenvalue weighted by Crippen LogP contribution is 2.29. The molecule has 0 atom stereocenters. The molecule has 0 bridgehead atoms. The van der Waals surface area contributed by atoms with Gasteiger partial charge < -0.3 is 0 Å². The van der Waals surface area contributed by atoms with Crippen molar-refractivity contribution in [2.24, 2.45) is 0 Å². The van der Waals surface area contributed by atoms with Gasteiger partial charge in [0, 0.05) is 11.7 Å². The van der Waals surface area contributed by atoms with E-state index in [1.165, 1.54) is 25.7 Å². The van der Waals surface area contributed by atoms with Crippen molar-refractivity contribution in [1.29, 1.82) is 0 Å². The molecule has 0 saturated heterocycles. The molecule has 0 aromatic rings. The van der Waals surface area contributed by atoms with E-state index in [2.05, 4.69) is 6.58 Å². The van der Waals surface area contributed by atoms with Crippen LogP contribution in [0.3, 0.4) is 0 Å². The smallest absolute Gasteiger partial charge is 0.146 e. The van der Waals surface area contributed by atoms with Gasteiger partial charge in [-0.2, -0.15) is 11.8 Å². The second-order valence-corrected chi connectivity index (χ2v) is 4.54. The molecule has 0 aromatic heterocycles. The Morgan fingerprint density at radius 3 is 2.75 bits per heavy atom. The SMILES string of the molecule is C=CCC(=O)CSC1CCCC1. The van der Waals surface area contributed by atoms with E-state index >= 15 is 0 Å². The van der Waals surface area contributed by atoms with Crippen molar-refractivity contribution in [3.8, 4) is 0 Å². The van der Waals surface area contributed by atoms with Gasteiger partial charge in [-0.05, 0) is 12.8 Å². The third kappa shape index (κ3) is 3.44. The van der Waals surface area contributed by atoms with Gasteiger partial charge in [0.1, 0.15) is 5.78 Å². The van der Waals surface area contributed by atoms with Gasteiger partial charge >= 0.3 is 0 Å². The fraction of sp³-hybridized carbons (Fsp3) is 0.700. The van der Waals surface area contributed by atoms with E-state index in [0.717, 1.165) is 5.25 Å². The van der Waals surface area contributed by atoms with Crippen LogP contribution in [0, 0.1) is 0 Å². The Balaban J connectivity index is 2.07. The van der Waals surface area contributed by atoms with Crippen molar-refractivity contribution < 1.29 is 4.79 Å². The van der Waals surface area contributed by atoms with Crippen LogP contribution in [0.2, 0.25) is 0 Å². The van der Waals surface area contributed by atoms with Gasteiger partial charge in [-0.1, -0.05) is 18.9 Å². The lowest BCUT2D eigenvalue weighted by molar-refractivity contribution is -0.115. The minimum absolute atomic E-state index is 0.321. The Kier molecular flexibility index (Phi) is 4.44. The molecule has 0 spiro atoms. The van der Waals surface area contributed by atoms with Crippen LogP contribution in [0.25, 0.3) is 0 Å². The van der Waals surface area contributed by atoms with E-state index in [1.807, 2.05) is 11.8 Å². The van der Waals surface area contributed by atoms with Crippen LogP contribution in [0.4, 0.5) is 0 Å². The summed E-state index contributed by atoms with van der Waals surface area (Å²) in [6.07, 6.45) is 7.57. The number of ketones is 1. The Labute approximate surface area is 78.6 Å². The summed E-state index contributed by atoms with van der Waals surface area (Å²) in [5, 5.41) is 0.763. The summed E-state index contributed by atoms with van der Waals surface area (Å²) < 4.78 is 0. The topological polar surface area (TPSA) is 17.1 Å². The summed E-state index contributed by atoms with van der Waals surface area (Å²) in [4.78, 5) is 11.1. The maximum atomic E-state index is 11.1. The molecule has 0 radical (unpaired) electrons. The molecule has 1 nitrogen and oxygen atoms in total. The summed E-state index contributed by atoms with van der Waals surface area (Å²) in [5.41, 5.74) is 0. The summed E-state index contributed by atoms with van der Waals surface area (Å²) in [5.74, 6) is 1.01. The van der Waals surface area contributed by atoms with E-state index in [1.54, 1.807) is 6.08 Å².